The van der Waals surface area contributed by atoms with Gasteiger partial charge in [0.1, 0.15) is 6.29 Å². The highest BCUT2D eigenvalue weighted by molar-refractivity contribution is 5.84. The molecule has 0 saturated carbocycles. The Balaban J connectivity index is 1.99. The summed E-state index contributed by atoms with van der Waals surface area (Å²) in [6, 6.07) is 7.25. The van der Waals surface area contributed by atoms with Crippen LogP contribution in [-0.4, -0.2) is 30.0 Å². The van der Waals surface area contributed by atoms with E-state index < -0.39 is 12.1 Å². The number of para-hydroxylation sites is 1. The molecular formula is C16H20N2O3. The molecule has 0 aliphatic rings. The molecule has 21 heavy (non-hydrogen) atoms. The molecule has 5 heteroatoms. The Morgan fingerprint density at radius 3 is 2.86 bits per heavy atom. The molecule has 0 radical (unpaired) electrons. The molecule has 0 aliphatic heterocycles. The van der Waals surface area contributed by atoms with Gasteiger partial charge in [0.2, 0.25) is 0 Å². The quantitative estimate of drug-likeness (QED) is 0.803. The minimum absolute atomic E-state index is 0.263. The van der Waals surface area contributed by atoms with Gasteiger partial charge in [-0.25, -0.2) is 4.79 Å². The van der Waals surface area contributed by atoms with Gasteiger partial charge in [-0.15, -0.1) is 0 Å². The lowest BCUT2D eigenvalue weighted by Gasteiger charge is -2.13. The fourth-order valence-corrected chi connectivity index (χ4v) is 2.11. The Bertz CT molecular complexity index is 619. The van der Waals surface area contributed by atoms with Crippen molar-refractivity contribution in [3.63, 3.8) is 0 Å². The van der Waals surface area contributed by atoms with Crippen molar-refractivity contribution in [2.75, 3.05) is 6.61 Å². The van der Waals surface area contributed by atoms with E-state index in [-0.39, 0.29) is 5.92 Å². The zero-order chi connectivity index (χ0) is 15.2. The van der Waals surface area contributed by atoms with Crippen LogP contribution in [-0.2, 0) is 16.0 Å². The van der Waals surface area contributed by atoms with Gasteiger partial charge in [-0.2, -0.15) is 0 Å². The van der Waals surface area contributed by atoms with Crippen LogP contribution in [0.4, 0.5) is 4.79 Å². The average molecular weight is 288 g/mol. The molecule has 0 saturated heterocycles. The predicted molar refractivity (Wildman–Crippen MR) is 81.2 cm³/mol. The van der Waals surface area contributed by atoms with Crippen LogP contribution in [0.2, 0.25) is 0 Å². The second-order valence-electron chi connectivity index (χ2n) is 5.44. The molecule has 1 atom stereocenters. The number of carbonyl (C=O) groups is 2. The number of fused-ring (bicyclic) bond motifs is 1. The van der Waals surface area contributed by atoms with Crippen molar-refractivity contribution < 1.29 is 14.3 Å². The van der Waals surface area contributed by atoms with Crippen LogP contribution < -0.4 is 5.32 Å². The predicted octanol–water partition coefficient (Wildman–Crippen LogP) is 2.66. The zero-order valence-corrected chi connectivity index (χ0v) is 12.3. The van der Waals surface area contributed by atoms with E-state index in [1.165, 1.54) is 0 Å². The van der Waals surface area contributed by atoms with Crippen molar-refractivity contribution in [2.24, 2.45) is 5.92 Å². The molecule has 0 fully saturated rings. The number of hydrogen-bond acceptors (Lipinski definition) is 3. The summed E-state index contributed by atoms with van der Waals surface area (Å²) in [6.45, 7) is 4.25. The summed E-state index contributed by atoms with van der Waals surface area (Å²) in [5, 5.41) is 3.64. The lowest BCUT2D eigenvalue weighted by Crippen LogP contribution is -2.38. The maximum atomic E-state index is 11.6. The molecule has 112 valence electrons. The molecule has 2 aromatic rings. The van der Waals surface area contributed by atoms with Crippen molar-refractivity contribution in [1.29, 1.82) is 0 Å². The van der Waals surface area contributed by atoms with E-state index in [4.69, 9.17) is 4.74 Å². The first kappa shape index (κ1) is 15.1. The summed E-state index contributed by atoms with van der Waals surface area (Å²) < 4.78 is 5.03. The Labute approximate surface area is 123 Å². The number of nitrogens with one attached hydrogen (secondary N) is 2. The SMILES string of the molecule is CC(C)COC(=O)N[C@H](C=O)Cc1c[nH]c2ccccc12. The van der Waals surface area contributed by atoms with Gasteiger partial charge in [0, 0.05) is 23.5 Å². The van der Waals surface area contributed by atoms with Gasteiger partial charge >= 0.3 is 6.09 Å². The normalized spacial score (nSPS) is 12.3. The smallest absolute Gasteiger partial charge is 0.407 e. The van der Waals surface area contributed by atoms with Gasteiger partial charge < -0.3 is 19.8 Å². The van der Waals surface area contributed by atoms with Gasteiger partial charge in [-0.1, -0.05) is 32.0 Å². The Morgan fingerprint density at radius 2 is 2.14 bits per heavy atom. The summed E-state index contributed by atoms with van der Waals surface area (Å²) in [6.07, 6.45) is 2.48. The molecule has 0 unspecified atom stereocenters. The lowest BCUT2D eigenvalue weighted by atomic mass is 10.1. The number of alkyl carbamates (subject to hydrolysis) is 1. The van der Waals surface area contributed by atoms with Crippen molar-refractivity contribution in [1.82, 2.24) is 10.3 Å². The van der Waals surface area contributed by atoms with Gasteiger partial charge in [0.05, 0.1) is 12.6 Å². The summed E-state index contributed by atoms with van der Waals surface area (Å²) in [4.78, 5) is 25.9. The third-order valence-corrected chi connectivity index (χ3v) is 3.13. The number of aromatic nitrogens is 1. The van der Waals surface area contributed by atoms with Crippen LogP contribution in [0, 0.1) is 5.92 Å². The van der Waals surface area contributed by atoms with Crippen molar-refractivity contribution in [3.05, 3.63) is 36.0 Å². The standard InChI is InChI=1S/C16H20N2O3/c1-11(2)10-21-16(20)18-13(9-19)7-12-8-17-15-6-4-3-5-14(12)15/h3-6,8-9,11,13,17H,7,10H2,1-2H3,(H,18,20)/t13-/m0/s1. The number of benzene rings is 1. The summed E-state index contributed by atoms with van der Waals surface area (Å²) in [5.41, 5.74) is 2.01. The second kappa shape index (κ2) is 6.92. The first-order chi connectivity index (χ1) is 10.1. The second-order valence-corrected chi connectivity index (χ2v) is 5.44. The molecule has 1 heterocycles. The maximum Gasteiger partial charge on any atom is 0.407 e. The molecule has 2 rings (SSSR count). The number of ether oxygens (including phenoxy) is 1. The van der Waals surface area contributed by atoms with E-state index in [2.05, 4.69) is 10.3 Å². The maximum absolute atomic E-state index is 11.6. The third-order valence-electron chi connectivity index (χ3n) is 3.13. The highest BCUT2D eigenvalue weighted by Crippen LogP contribution is 2.18. The van der Waals surface area contributed by atoms with Gasteiger partial charge in [-0.3, -0.25) is 0 Å². The number of H-pyrrole nitrogens is 1. The van der Waals surface area contributed by atoms with E-state index in [0.717, 1.165) is 22.8 Å². The van der Waals surface area contributed by atoms with E-state index in [1.54, 1.807) is 0 Å². The third kappa shape index (κ3) is 4.08. The molecule has 0 bridgehead atoms. The lowest BCUT2D eigenvalue weighted by molar-refractivity contribution is -0.109. The number of rotatable bonds is 6. The van der Waals surface area contributed by atoms with Crippen molar-refractivity contribution in [2.45, 2.75) is 26.3 Å². The highest BCUT2D eigenvalue weighted by Gasteiger charge is 2.15. The summed E-state index contributed by atoms with van der Waals surface area (Å²) in [5.74, 6) is 0.263. The van der Waals surface area contributed by atoms with Crippen LogP contribution in [0.1, 0.15) is 19.4 Å². The summed E-state index contributed by atoms with van der Waals surface area (Å²) in [7, 11) is 0. The van der Waals surface area contributed by atoms with Gasteiger partial charge in [0.15, 0.2) is 0 Å². The number of carbonyl (C=O) groups excluding carboxylic acids is 2. The van der Waals surface area contributed by atoms with E-state index >= 15 is 0 Å². The number of hydrogen-bond donors (Lipinski definition) is 2. The van der Waals surface area contributed by atoms with Crippen molar-refractivity contribution >= 4 is 23.3 Å². The average Bonchev–Trinajstić information content (AvgIpc) is 2.88. The first-order valence-corrected chi connectivity index (χ1v) is 7.03. The van der Waals surface area contributed by atoms with Crippen LogP contribution >= 0.6 is 0 Å². The molecule has 2 N–H and O–H groups in total. The van der Waals surface area contributed by atoms with Crippen LogP contribution in [0.5, 0.6) is 0 Å². The fourth-order valence-electron chi connectivity index (χ4n) is 2.11. The van der Waals surface area contributed by atoms with Crippen LogP contribution in [0.25, 0.3) is 10.9 Å². The van der Waals surface area contributed by atoms with Crippen molar-refractivity contribution in [3.8, 4) is 0 Å². The van der Waals surface area contributed by atoms with Crippen LogP contribution in [0.3, 0.4) is 0 Å². The number of amides is 1. The highest BCUT2D eigenvalue weighted by atomic mass is 16.5. The molecule has 1 aromatic heterocycles. The monoisotopic (exact) mass is 288 g/mol. The van der Waals surface area contributed by atoms with E-state index in [9.17, 15) is 9.59 Å². The minimum Gasteiger partial charge on any atom is -0.449 e. The van der Waals surface area contributed by atoms with E-state index in [0.29, 0.717) is 13.0 Å². The minimum atomic E-state index is -0.594. The Hall–Kier alpha value is -2.30. The molecule has 5 nitrogen and oxygen atoms in total. The summed E-state index contributed by atoms with van der Waals surface area (Å²) >= 11 is 0. The Morgan fingerprint density at radius 1 is 1.38 bits per heavy atom. The molecular weight excluding hydrogens is 268 g/mol. The number of aldehydes is 1. The van der Waals surface area contributed by atoms with Crippen LogP contribution in [0.15, 0.2) is 30.5 Å². The Kier molecular flexibility index (Phi) is 4.98. The van der Waals surface area contributed by atoms with E-state index in [1.807, 2.05) is 44.3 Å². The largest absolute Gasteiger partial charge is 0.449 e. The molecule has 0 aliphatic carbocycles. The fraction of sp³-hybridized carbons (Fsp3) is 0.375. The van der Waals surface area contributed by atoms with Gasteiger partial charge in [-0.05, 0) is 17.5 Å². The topological polar surface area (TPSA) is 71.2 Å². The first-order valence-electron chi connectivity index (χ1n) is 7.03. The number of aromatic amines is 1. The molecule has 1 aromatic carbocycles. The zero-order valence-electron chi connectivity index (χ0n) is 12.3. The van der Waals surface area contributed by atoms with Gasteiger partial charge in [0.25, 0.3) is 0 Å². The molecule has 0 spiro atoms. The molecule has 1 amide bonds.